The van der Waals surface area contributed by atoms with Crippen LogP contribution >= 0.6 is 0 Å². The van der Waals surface area contributed by atoms with Crippen molar-refractivity contribution in [3.05, 3.63) is 51.6 Å². The Bertz CT molecular complexity index is 868. The second kappa shape index (κ2) is 4.59. The van der Waals surface area contributed by atoms with Crippen LogP contribution in [0.3, 0.4) is 0 Å². The minimum absolute atomic E-state index is 0.00772. The Morgan fingerprint density at radius 2 is 1.95 bits per heavy atom. The van der Waals surface area contributed by atoms with Crippen LogP contribution in [-0.4, -0.2) is 9.91 Å². The van der Waals surface area contributed by atoms with E-state index < -0.39 is 4.92 Å². The third kappa shape index (κ3) is 2.20. The fourth-order valence-electron chi connectivity index (χ4n) is 2.22. The van der Waals surface area contributed by atoms with E-state index in [0.717, 1.165) is 11.1 Å². The molecule has 0 aliphatic carbocycles. The fraction of sp³-hybridized carbons (Fsp3) is 0.133. The first-order valence-electron chi connectivity index (χ1n) is 6.38. The number of nitrogen functional groups attached to an aromatic ring is 1. The van der Waals surface area contributed by atoms with Crippen molar-refractivity contribution in [2.75, 3.05) is 5.73 Å². The van der Waals surface area contributed by atoms with E-state index in [1.807, 2.05) is 19.1 Å². The zero-order chi connectivity index (χ0) is 15.1. The highest BCUT2D eigenvalue weighted by molar-refractivity contribution is 5.82. The van der Waals surface area contributed by atoms with Crippen LogP contribution in [0, 0.1) is 24.0 Å². The van der Waals surface area contributed by atoms with Gasteiger partial charge in [0, 0.05) is 28.9 Å². The SMILES string of the molecule is Cc1cc(-c2nc3cc([N+](=O)[O-])cc(C)c3o2)ccc1N. The standard InChI is InChI=1S/C15H13N3O3/c1-8-5-10(3-4-12(8)16)15-17-13-7-11(18(19)20)6-9(2)14(13)21-15/h3-7H,16H2,1-2H3. The number of rotatable bonds is 2. The minimum Gasteiger partial charge on any atom is -0.436 e. The number of nitrogens with zero attached hydrogens (tertiary/aromatic N) is 2. The van der Waals surface area contributed by atoms with Gasteiger partial charge >= 0.3 is 0 Å². The molecule has 3 aromatic rings. The van der Waals surface area contributed by atoms with Crippen molar-refractivity contribution in [3.8, 4) is 11.5 Å². The molecule has 106 valence electrons. The zero-order valence-corrected chi connectivity index (χ0v) is 11.6. The smallest absolute Gasteiger partial charge is 0.272 e. The van der Waals surface area contributed by atoms with E-state index in [1.165, 1.54) is 12.1 Å². The van der Waals surface area contributed by atoms with Crippen LogP contribution in [0.2, 0.25) is 0 Å². The third-order valence-corrected chi connectivity index (χ3v) is 3.39. The average Bonchev–Trinajstić information content (AvgIpc) is 2.86. The summed E-state index contributed by atoms with van der Waals surface area (Å²) in [6.45, 7) is 3.66. The Labute approximate surface area is 120 Å². The van der Waals surface area contributed by atoms with Crippen LogP contribution in [0.1, 0.15) is 11.1 Å². The predicted molar refractivity (Wildman–Crippen MR) is 80.0 cm³/mol. The number of hydrogen-bond acceptors (Lipinski definition) is 5. The van der Waals surface area contributed by atoms with Crippen molar-refractivity contribution >= 4 is 22.5 Å². The molecule has 21 heavy (non-hydrogen) atoms. The Kier molecular flexibility index (Phi) is 2.86. The third-order valence-electron chi connectivity index (χ3n) is 3.39. The summed E-state index contributed by atoms with van der Waals surface area (Å²) in [6.07, 6.45) is 0. The summed E-state index contributed by atoms with van der Waals surface area (Å²) in [5, 5.41) is 10.9. The molecular formula is C15H13N3O3. The Hall–Kier alpha value is -2.89. The van der Waals surface area contributed by atoms with Gasteiger partial charge in [0.05, 0.1) is 4.92 Å². The number of benzene rings is 2. The van der Waals surface area contributed by atoms with Crippen LogP contribution in [0.25, 0.3) is 22.6 Å². The quantitative estimate of drug-likeness (QED) is 0.440. The number of non-ortho nitro benzene ring substituents is 1. The molecule has 0 aliphatic rings. The van der Waals surface area contributed by atoms with Crippen molar-refractivity contribution in [1.29, 1.82) is 0 Å². The van der Waals surface area contributed by atoms with Gasteiger partial charge in [0.1, 0.15) is 5.52 Å². The summed E-state index contributed by atoms with van der Waals surface area (Å²) in [4.78, 5) is 14.8. The Morgan fingerprint density at radius 1 is 1.19 bits per heavy atom. The molecule has 0 saturated carbocycles. The van der Waals surface area contributed by atoms with E-state index in [1.54, 1.807) is 13.0 Å². The van der Waals surface area contributed by atoms with Gasteiger partial charge in [0.2, 0.25) is 5.89 Å². The molecular weight excluding hydrogens is 270 g/mol. The Morgan fingerprint density at radius 3 is 2.62 bits per heavy atom. The van der Waals surface area contributed by atoms with Crippen LogP contribution in [0.5, 0.6) is 0 Å². The van der Waals surface area contributed by atoms with E-state index in [0.29, 0.717) is 28.2 Å². The summed E-state index contributed by atoms with van der Waals surface area (Å²) in [6, 6.07) is 8.38. The monoisotopic (exact) mass is 283 g/mol. The summed E-state index contributed by atoms with van der Waals surface area (Å²) >= 11 is 0. The zero-order valence-electron chi connectivity index (χ0n) is 11.6. The number of nitro groups is 1. The van der Waals surface area contributed by atoms with E-state index in [-0.39, 0.29) is 5.69 Å². The lowest BCUT2D eigenvalue weighted by atomic mass is 10.1. The van der Waals surface area contributed by atoms with Gasteiger partial charge in [-0.1, -0.05) is 0 Å². The molecule has 0 atom stereocenters. The van der Waals surface area contributed by atoms with Crippen molar-refractivity contribution in [1.82, 2.24) is 4.98 Å². The lowest BCUT2D eigenvalue weighted by Gasteiger charge is -2.01. The van der Waals surface area contributed by atoms with Gasteiger partial charge in [-0.15, -0.1) is 0 Å². The molecule has 0 aliphatic heterocycles. The van der Waals surface area contributed by atoms with Gasteiger partial charge in [-0.3, -0.25) is 10.1 Å². The molecule has 6 nitrogen and oxygen atoms in total. The first-order chi connectivity index (χ1) is 9.95. The number of hydrogen-bond donors (Lipinski definition) is 1. The number of nitrogens with two attached hydrogens (primary N) is 1. The molecule has 0 unspecified atom stereocenters. The molecule has 6 heteroatoms. The fourth-order valence-corrected chi connectivity index (χ4v) is 2.22. The van der Waals surface area contributed by atoms with Crippen molar-refractivity contribution in [2.24, 2.45) is 0 Å². The van der Waals surface area contributed by atoms with E-state index in [4.69, 9.17) is 10.2 Å². The number of aromatic nitrogens is 1. The van der Waals surface area contributed by atoms with Gasteiger partial charge in [0.25, 0.3) is 5.69 Å². The molecule has 2 N–H and O–H groups in total. The van der Waals surface area contributed by atoms with E-state index in [2.05, 4.69) is 4.98 Å². The first-order valence-corrected chi connectivity index (χ1v) is 6.38. The number of fused-ring (bicyclic) bond motifs is 1. The summed E-state index contributed by atoms with van der Waals surface area (Å²) in [7, 11) is 0. The maximum Gasteiger partial charge on any atom is 0.272 e. The molecule has 1 aromatic heterocycles. The van der Waals surface area contributed by atoms with Gasteiger partial charge in [-0.05, 0) is 37.6 Å². The molecule has 0 amide bonds. The highest BCUT2D eigenvalue weighted by Crippen LogP contribution is 2.30. The molecule has 0 spiro atoms. The van der Waals surface area contributed by atoms with Crippen molar-refractivity contribution in [3.63, 3.8) is 0 Å². The number of aryl methyl sites for hydroxylation is 2. The molecule has 3 rings (SSSR count). The van der Waals surface area contributed by atoms with Crippen LogP contribution in [0.15, 0.2) is 34.7 Å². The largest absolute Gasteiger partial charge is 0.436 e. The van der Waals surface area contributed by atoms with Crippen molar-refractivity contribution < 1.29 is 9.34 Å². The minimum atomic E-state index is -0.436. The number of anilines is 1. The molecule has 0 bridgehead atoms. The number of oxazole rings is 1. The van der Waals surface area contributed by atoms with Gasteiger partial charge in [-0.2, -0.15) is 0 Å². The van der Waals surface area contributed by atoms with Gasteiger partial charge in [0.15, 0.2) is 5.58 Å². The highest BCUT2D eigenvalue weighted by atomic mass is 16.6. The van der Waals surface area contributed by atoms with Crippen LogP contribution in [-0.2, 0) is 0 Å². The molecule has 1 heterocycles. The van der Waals surface area contributed by atoms with Gasteiger partial charge < -0.3 is 10.2 Å². The lowest BCUT2D eigenvalue weighted by Crippen LogP contribution is -1.89. The van der Waals surface area contributed by atoms with Crippen molar-refractivity contribution in [2.45, 2.75) is 13.8 Å². The van der Waals surface area contributed by atoms with E-state index in [9.17, 15) is 10.1 Å². The molecule has 2 aromatic carbocycles. The molecule has 0 radical (unpaired) electrons. The predicted octanol–water partition coefficient (Wildman–Crippen LogP) is 3.60. The van der Waals surface area contributed by atoms with Gasteiger partial charge in [-0.25, -0.2) is 4.98 Å². The normalized spacial score (nSPS) is 11.0. The maximum atomic E-state index is 10.9. The molecule has 0 saturated heterocycles. The molecule has 0 fully saturated rings. The summed E-state index contributed by atoms with van der Waals surface area (Å²) in [5.74, 6) is 0.427. The first kappa shape index (κ1) is 13.1. The number of nitro benzene ring substituents is 1. The van der Waals surface area contributed by atoms with Crippen LogP contribution < -0.4 is 5.73 Å². The lowest BCUT2D eigenvalue weighted by molar-refractivity contribution is -0.384. The van der Waals surface area contributed by atoms with E-state index >= 15 is 0 Å². The topological polar surface area (TPSA) is 95.2 Å². The van der Waals surface area contributed by atoms with Crippen LogP contribution in [0.4, 0.5) is 11.4 Å². The summed E-state index contributed by atoms with van der Waals surface area (Å²) < 4.78 is 5.74. The highest BCUT2D eigenvalue weighted by Gasteiger charge is 2.16. The maximum absolute atomic E-state index is 10.9. The summed E-state index contributed by atoms with van der Waals surface area (Å²) in [5.41, 5.74) is 9.94. The second-order valence-electron chi connectivity index (χ2n) is 4.96. The Balaban J connectivity index is 2.18. The average molecular weight is 283 g/mol. The second-order valence-corrected chi connectivity index (χ2v) is 4.96.